The molecule has 1 aromatic carbocycles. The second-order valence-electron chi connectivity index (χ2n) is 7.31. The molecule has 0 radical (unpaired) electrons. The fourth-order valence-corrected chi connectivity index (χ4v) is 2.22. The van der Waals surface area contributed by atoms with E-state index in [1.165, 1.54) is 5.56 Å². The maximum Gasteiger partial charge on any atom is 0.123 e. The van der Waals surface area contributed by atoms with Crippen molar-refractivity contribution in [2.75, 3.05) is 0 Å². The highest BCUT2D eigenvalue weighted by molar-refractivity contribution is 5.50. The van der Waals surface area contributed by atoms with E-state index in [2.05, 4.69) is 59.1 Å². The average molecular weight is 276 g/mol. The van der Waals surface area contributed by atoms with Crippen molar-refractivity contribution in [1.82, 2.24) is 5.43 Å². The van der Waals surface area contributed by atoms with Crippen LogP contribution >= 0.6 is 0 Å². The van der Waals surface area contributed by atoms with Crippen LogP contribution < -0.4 is 11.3 Å². The van der Waals surface area contributed by atoms with E-state index in [9.17, 15) is 5.11 Å². The summed E-state index contributed by atoms with van der Waals surface area (Å²) in [6, 6.07) is 4.18. The molecule has 0 aromatic heterocycles. The van der Waals surface area contributed by atoms with Gasteiger partial charge in [-0.2, -0.15) is 0 Å². The molecule has 0 bridgehead atoms. The van der Waals surface area contributed by atoms with Crippen molar-refractivity contribution in [2.45, 2.75) is 58.8 Å². The Kier molecular flexibility index (Phi) is 4.87. The molecule has 0 spiro atoms. The monoisotopic (exact) mass is 276 g/mol. The molecule has 0 aliphatic carbocycles. The summed E-state index contributed by atoms with van der Waals surface area (Å²) in [4.78, 5) is 0. The first-order valence-corrected chi connectivity index (χ1v) is 7.05. The van der Waals surface area contributed by atoms with E-state index < -0.39 is 0 Å². The topological polar surface area (TPSA) is 58.3 Å². The molecule has 0 saturated carbocycles. The molecule has 0 amide bonds. The Bertz CT molecular complexity index is 456. The molecule has 0 atom stereocenters. The Labute approximate surface area is 122 Å². The van der Waals surface area contributed by atoms with Gasteiger partial charge in [-0.05, 0) is 33.9 Å². The molecule has 20 heavy (non-hydrogen) atoms. The van der Waals surface area contributed by atoms with Crippen LogP contribution in [-0.4, -0.2) is 5.11 Å². The molecular formula is C17H28N2O. The Hall–Kier alpha value is -1.48. The zero-order chi connectivity index (χ0) is 15.6. The van der Waals surface area contributed by atoms with Gasteiger partial charge in [0.15, 0.2) is 0 Å². The Balaban J connectivity index is 3.38. The number of hydrogen-bond acceptors (Lipinski definition) is 3. The van der Waals surface area contributed by atoms with E-state index in [1.807, 2.05) is 6.08 Å². The molecule has 1 aromatic rings. The third kappa shape index (κ3) is 4.01. The van der Waals surface area contributed by atoms with Crippen molar-refractivity contribution in [3.8, 4) is 5.75 Å². The van der Waals surface area contributed by atoms with Gasteiger partial charge in [0.25, 0.3) is 0 Å². The lowest BCUT2D eigenvalue weighted by Gasteiger charge is -2.28. The first-order chi connectivity index (χ1) is 9.07. The highest BCUT2D eigenvalue weighted by Gasteiger charge is 2.26. The van der Waals surface area contributed by atoms with Gasteiger partial charge < -0.3 is 10.5 Å². The lowest BCUT2D eigenvalue weighted by molar-refractivity contribution is 0.423. The number of phenolic OH excluding ortho intramolecular Hbond substituents is 1. The Morgan fingerprint density at radius 3 is 1.85 bits per heavy atom. The number of rotatable bonds is 3. The van der Waals surface area contributed by atoms with Crippen molar-refractivity contribution in [2.24, 2.45) is 5.84 Å². The third-order valence-corrected chi connectivity index (χ3v) is 3.35. The maximum atomic E-state index is 10.6. The van der Waals surface area contributed by atoms with Crippen LogP contribution in [-0.2, 0) is 17.3 Å². The number of nitrogens with one attached hydrogen (secondary N) is 1. The van der Waals surface area contributed by atoms with Crippen molar-refractivity contribution in [1.29, 1.82) is 0 Å². The second kappa shape index (κ2) is 5.88. The Morgan fingerprint density at radius 2 is 1.50 bits per heavy atom. The van der Waals surface area contributed by atoms with Crippen LogP contribution in [0.5, 0.6) is 5.75 Å². The summed E-state index contributed by atoms with van der Waals surface area (Å²) in [5.74, 6) is 5.66. The summed E-state index contributed by atoms with van der Waals surface area (Å²) in [7, 11) is 0. The van der Waals surface area contributed by atoms with E-state index in [0.29, 0.717) is 5.75 Å². The standard InChI is InChI=1S/C17H28N2O/c1-16(2,3)13-10-12(8-7-9-19-18)11-14(15(13)20)17(4,5)6/h7,9-11,19-20H,8,18H2,1-6H3. The predicted molar refractivity (Wildman–Crippen MR) is 85.7 cm³/mol. The molecule has 112 valence electrons. The van der Waals surface area contributed by atoms with Crippen LogP contribution in [0, 0.1) is 0 Å². The van der Waals surface area contributed by atoms with Crippen molar-refractivity contribution < 1.29 is 5.11 Å². The van der Waals surface area contributed by atoms with Crippen molar-refractivity contribution >= 4 is 0 Å². The van der Waals surface area contributed by atoms with Crippen molar-refractivity contribution in [3.63, 3.8) is 0 Å². The molecule has 0 saturated heterocycles. The van der Waals surface area contributed by atoms with Gasteiger partial charge in [-0.25, -0.2) is 0 Å². The van der Waals surface area contributed by atoms with E-state index in [1.54, 1.807) is 6.20 Å². The predicted octanol–water partition coefficient (Wildman–Crippen LogP) is 3.51. The summed E-state index contributed by atoms with van der Waals surface area (Å²) in [6.45, 7) is 12.7. The lowest BCUT2D eigenvalue weighted by atomic mass is 9.78. The van der Waals surface area contributed by atoms with Gasteiger partial charge >= 0.3 is 0 Å². The quantitative estimate of drug-likeness (QED) is 0.585. The van der Waals surface area contributed by atoms with Crippen molar-refractivity contribution in [3.05, 3.63) is 41.1 Å². The molecule has 0 heterocycles. The third-order valence-electron chi connectivity index (χ3n) is 3.35. The summed E-state index contributed by atoms with van der Waals surface area (Å²) < 4.78 is 0. The molecule has 0 aliphatic rings. The number of nitrogens with two attached hydrogens (primary N) is 1. The summed E-state index contributed by atoms with van der Waals surface area (Å²) in [5.41, 5.74) is 5.51. The Morgan fingerprint density at radius 1 is 1.05 bits per heavy atom. The molecular weight excluding hydrogens is 248 g/mol. The van der Waals surface area contributed by atoms with Crippen LogP contribution in [0.25, 0.3) is 0 Å². The molecule has 1 rings (SSSR count). The van der Waals surface area contributed by atoms with E-state index in [-0.39, 0.29) is 10.8 Å². The molecule has 0 aliphatic heterocycles. The maximum absolute atomic E-state index is 10.6. The van der Waals surface area contributed by atoms with Crippen LogP contribution in [0.2, 0.25) is 0 Å². The van der Waals surface area contributed by atoms with Crippen LogP contribution in [0.15, 0.2) is 24.4 Å². The van der Waals surface area contributed by atoms with Crippen LogP contribution in [0.4, 0.5) is 0 Å². The molecule has 0 unspecified atom stereocenters. The van der Waals surface area contributed by atoms with Gasteiger partial charge in [-0.3, -0.25) is 5.84 Å². The summed E-state index contributed by atoms with van der Waals surface area (Å²) >= 11 is 0. The largest absolute Gasteiger partial charge is 0.507 e. The smallest absolute Gasteiger partial charge is 0.123 e. The molecule has 3 nitrogen and oxygen atoms in total. The average Bonchev–Trinajstić information content (AvgIpc) is 2.28. The zero-order valence-corrected chi connectivity index (χ0v) is 13.5. The van der Waals surface area contributed by atoms with E-state index >= 15 is 0 Å². The molecule has 0 fully saturated rings. The van der Waals surface area contributed by atoms with Gasteiger partial charge in [0.05, 0.1) is 0 Å². The second-order valence-corrected chi connectivity index (χ2v) is 7.31. The fourth-order valence-electron chi connectivity index (χ4n) is 2.22. The zero-order valence-electron chi connectivity index (χ0n) is 13.5. The van der Waals surface area contributed by atoms with Gasteiger partial charge in [0.2, 0.25) is 0 Å². The van der Waals surface area contributed by atoms with Gasteiger partial charge in [-0.1, -0.05) is 59.8 Å². The summed E-state index contributed by atoms with van der Waals surface area (Å²) in [5, 5.41) is 10.6. The number of aromatic hydroxyl groups is 1. The molecule has 4 N–H and O–H groups in total. The highest BCUT2D eigenvalue weighted by Crippen LogP contribution is 2.39. The minimum absolute atomic E-state index is 0.0874. The SMILES string of the molecule is CC(C)(C)c1cc(CC=CNN)cc(C(C)(C)C)c1O. The van der Waals surface area contributed by atoms with Crippen LogP contribution in [0.3, 0.4) is 0 Å². The van der Waals surface area contributed by atoms with Gasteiger partial charge in [0.1, 0.15) is 5.75 Å². The number of benzene rings is 1. The first kappa shape index (κ1) is 16.6. The fraction of sp³-hybridized carbons (Fsp3) is 0.529. The first-order valence-electron chi connectivity index (χ1n) is 7.05. The molecule has 3 heteroatoms. The minimum atomic E-state index is -0.0874. The minimum Gasteiger partial charge on any atom is -0.507 e. The lowest BCUT2D eigenvalue weighted by Crippen LogP contribution is -2.18. The van der Waals surface area contributed by atoms with E-state index in [0.717, 1.165) is 17.5 Å². The number of hydrazine groups is 1. The normalized spacial score (nSPS) is 12.9. The van der Waals surface area contributed by atoms with Gasteiger partial charge in [0, 0.05) is 6.20 Å². The van der Waals surface area contributed by atoms with E-state index in [4.69, 9.17) is 5.84 Å². The van der Waals surface area contributed by atoms with Crippen LogP contribution in [0.1, 0.15) is 58.2 Å². The van der Waals surface area contributed by atoms with Gasteiger partial charge in [-0.15, -0.1) is 0 Å². The number of allylic oxidation sites excluding steroid dienone is 1. The highest BCUT2D eigenvalue weighted by atomic mass is 16.3. The number of phenols is 1. The summed E-state index contributed by atoms with van der Waals surface area (Å²) in [6.07, 6.45) is 4.49. The number of hydrogen-bond donors (Lipinski definition) is 3.